The Kier molecular flexibility index (Phi) is 3.34. The smallest absolute Gasteiger partial charge is 0.147 e. The zero-order valence-corrected chi connectivity index (χ0v) is 11.9. The summed E-state index contributed by atoms with van der Waals surface area (Å²) in [5, 5.41) is 0. The quantitative estimate of drug-likeness (QED) is 0.907. The van der Waals surface area contributed by atoms with Crippen LogP contribution in [0.4, 0.5) is 0 Å². The number of ketones is 1. The molecule has 1 heterocycles. The van der Waals surface area contributed by atoms with Gasteiger partial charge in [-0.3, -0.25) is 4.79 Å². The Hall–Kier alpha value is -1.68. The standard InChI is InChI=1S/C16H21N3O/c1-2-19-13-7-4-3-6-12(13)18-15(19)10-14(20)16(11-17)8-5-9-16/h3-4,6-7H,2,5,8-11,17H2,1H3. The second-order valence-corrected chi connectivity index (χ2v) is 5.70. The molecule has 1 aromatic heterocycles. The van der Waals surface area contributed by atoms with Crippen LogP contribution in [-0.4, -0.2) is 21.9 Å². The number of carbonyl (C=O) groups is 1. The average Bonchev–Trinajstić information content (AvgIpc) is 2.75. The number of benzene rings is 1. The molecule has 0 saturated heterocycles. The minimum atomic E-state index is -0.267. The molecule has 2 N–H and O–H groups in total. The van der Waals surface area contributed by atoms with Crippen LogP contribution in [0.1, 0.15) is 32.0 Å². The van der Waals surface area contributed by atoms with Gasteiger partial charge in [0.1, 0.15) is 11.6 Å². The first-order valence-corrected chi connectivity index (χ1v) is 7.38. The van der Waals surface area contributed by atoms with E-state index in [1.807, 2.05) is 18.2 Å². The Morgan fingerprint density at radius 3 is 2.75 bits per heavy atom. The predicted octanol–water partition coefficient (Wildman–Crippen LogP) is 2.30. The van der Waals surface area contributed by atoms with Gasteiger partial charge < -0.3 is 10.3 Å². The Morgan fingerprint density at radius 2 is 2.15 bits per heavy atom. The summed E-state index contributed by atoms with van der Waals surface area (Å²) in [6.45, 7) is 3.39. The minimum absolute atomic E-state index is 0.260. The lowest BCUT2D eigenvalue weighted by Crippen LogP contribution is -2.45. The maximum Gasteiger partial charge on any atom is 0.147 e. The number of nitrogens with zero attached hydrogens (tertiary/aromatic N) is 2. The summed E-state index contributed by atoms with van der Waals surface area (Å²) >= 11 is 0. The molecule has 0 aliphatic heterocycles. The van der Waals surface area contributed by atoms with Crippen molar-refractivity contribution in [3.63, 3.8) is 0 Å². The molecular weight excluding hydrogens is 250 g/mol. The summed E-state index contributed by atoms with van der Waals surface area (Å²) in [5.41, 5.74) is 7.62. The summed E-state index contributed by atoms with van der Waals surface area (Å²) in [6, 6.07) is 8.04. The van der Waals surface area contributed by atoms with Gasteiger partial charge in [-0.25, -0.2) is 4.98 Å². The normalized spacial score (nSPS) is 17.1. The van der Waals surface area contributed by atoms with Crippen LogP contribution in [0, 0.1) is 5.41 Å². The van der Waals surface area contributed by atoms with Crippen molar-refractivity contribution < 1.29 is 4.79 Å². The fourth-order valence-electron chi connectivity index (χ4n) is 3.14. The average molecular weight is 271 g/mol. The number of aromatic nitrogens is 2. The monoisotopic (exact) mass is 271 g/mol. The van der Waals surface area contributed by atoms with Crippen LogP contribution in [0.2, 0.25) is 0 Å². The molecule has 0 bridgehead atoms. The molecule has 0 spiro atoms. The summed E-state index contributed by atoms with van der Waals surface area (Å²) < 4.78 is 2.14. The van der Waals surface area contributed by atoms with Gasteiger partial charge in [0.2, 0.25) is 0 Å². The first kappa shape index (κ1) is 13.3. The number of para-hydroxylation sites is 2. The summed E-state index contributed by atoms with van der Waals surface area (Å²) in [5.74, 6) is 1.13. The van der Waals surface area contributed by atoms with Crippen LogP contribution < -0.4 is 5.73 Å². The Labute approximate surface area is 119 Å². The molecule has 1 aromatic carbocycles. The lowest BCUT2D eigenvalue weighted by atomic mass is 9.65. The molecule has 0 unspecified atom stereocenters. The van der Waals surface area contributed by atoms with E-state index in [1.54, 1.807) is 0 Å². The van der Waals surface area contributed by atoms with E-state index in [0.29, 0.717) is 13.0 Å². The van der Waals surface area contributed by atoms with Crippen LogP contribution in [-0.2, 0) is 17.8 Å². The van der Waals surface area contributed by atoms with E-state index >= 15 is 0 Å². The van der Waals surface area contributed by atoms with Crippen molar-refractivity contribution >= 4 is 16.8 Å². The molecule has 4 nitrogen and oxygen atoms in total. The Balaban J connectivity index is 1.92. The third-order valence-electron chi connectivity index (χ3n) is 4.66. The summed E-state index contributed by atoms with van der Waals surface area (Å²) in [7, 11) is 0. The fraction of sp³-hybridized carbons (Fsp3) is 0.500. The summed E-state index contributed by atoms with van der Waals surface area (Å²) in [4.78, 5) is 17.2. The molecule has 106 valence electrons. The first-order chi connectivity index (χ1) is 9.70. The molecule has 0 radical (unpaired) electrons. The Bertz CT molecular complexity index is 635. The van der Waals surface area contributed by atoms with Crippen LogP contribution in [0.15, 0.2) is 24.3 Å². The van der Waals surface area contributed by atoms with Gasteiger partial charge in [0.15, 0.2) is 0 Å². The third-order valence-corrected chi connectivity index (χ3v) is 4.66. The van der Waals surface area contributed by atoms with Crippen molar-refractivity contribution in [1.82, 2.24) is 9.55 Å². The number of aryl methyl sites for hydroxylation is 1. The molecule has 3 rings (SSSR count). The van der Waals surface area contributed by atoms with E-state index in [1.165, 1.54) is 0 Å². The topological polar surface area (TPSA) is 60.9 Å². The number of imidazole rings is 1. The molecule has 4 heteroatoms. The molecule has 0 amide bonds. The number of carbonyl (C=O) groups excluding carboxylic acids is 1. The van der Waals surface area contributed by atoms with E-state index in [-0.39, 0.29) is 11.2 Å². The molecule has 1 aliphatic carbocycles. The van der Waals surface area contributed by atoms with E-state index in [4.69, 9.17) is 5.73 Å². The van der Waals surface area contributed by atoms with E-state index < -0.39 is 0 Å². The molecule has 2 aromatic rings. The first-order valence-electron chi connectivity index (χ1n) is 7.38. The van der Waals surface area contributed by atoms with Crippen molar-refractivity contribution in [2.75, 3.05) is 6.54 Å². The number of Topliss-reactive ketones (excluding diaryl/α,β-unsaturated/α-hetero) is 1. The van der Waals surface area contributed by atoms with Crippen molar-refractivity contribution in [2.45, 2.75) is 39.2 Å². The maximum absolute atomic E-state index is 12.6. The van der Waals surface area contributed by atoms with E-state index in [0.717, 1.165) is 42.7 Å². The van der Waals surface area contributed by atoms with Crippen LogP contribution in [0.25, 0.3) is 11.0 Å². The Morgan fingerprint density at radius 1 is 1.40 bits per heavy atom. The van der Waals surface area contributed by atoms with Crippen LogP contribution in [0.5, 0.6) is 0 Å². The zero-order valence-electron chi connectivity index (χ0n) is 11.9. The second kappa shape index (κ2) is 5.02. The zero-order chi connectivity index (χ0) is 14.2. The highest BCUT2D eigenvalue weighted by atomic mass is 16.1. The maximum atomic E-state index is 12.6. The van der Waals surface area contributed by atoms with Crippen molar-refractivity contribution in [1.29, 1.82) is 0 Å². The largest absolute Gasteiger partial charge is 0.329 e. The highest BCUT2D eigenvalue weighted by Crippen LogP contribution is 2.41. The molecule has 1 saturated carbocycles. The highest BCUT2D eigenvalue weighted by molar-refractivity contribution is 5.88. The molecule has 0 atom stereocenters. The van der Waals surface area contributed by atoms with Gasteiger partial charge in [-0.1, -0.05) is 18.6 Å². The minimum Gasteiger partial charge on any atom is -0.329 e. The second-order valence-electron chi connectivity index (χ2n) is 5.70. The molecule has 1 fully saturated rings. The van der Waals surface area contributed by atoms with Crippen molar-refractivity contribution in [3.8, 4) is 0 Å². The number of nitrogens with two attached hydrogens (primary N) is 1. The van der Waals surface area contributed by atoms with Gasteiger partial charge in [-0.2, -0.15) is 0 Å². The van der Waals surface area contributed by atoms with Gasteiger partial charge >= 0.3 is 0 Å². The highest BCUT2D eigenvalue weighted by Gasteiger charge is 2.42. The van der Waals surface area contributed by atoms with Gasteiger partial charge in [-0.05, 0) is 31.9 Å². The molecule has 20 heavy (non-hydrogen) atoms. The molecule has 1 aliphatic rings. The van der Waals surface area contributed by atoms with E-state index in [2.05, 4.69) is 22.5 Å². The number of hydrogen-bond donors (Lipinski definition) is 1. The number of rotatable bonds is 5. The SMILES string of the molecule is CCn1c(CC(=O)C2(CN)CCC2)nc2ccccc21. The van der Waals surface area contributed by atoms with E-state index in [9.17, 15) is 4.79 Å². The van der Waals surface area contributed by atoms with Gasteiger partial charge in [0.05, 0.1) is 17.5 Å². The van der Waals surface area contributed by atoms with Gasteiger partial charge in [0, 0.05) is 18.5 Å². The van der Waals surface area contributed by atoms with Crippen LogP contribution >= 0.6 is 0 Å². The number of fused-ring (bicyclic) bond motifs is 1. The summed E-state index contributed by atoms with van der Waals surface area (Å²) in [6.07, 6.45) is 3.40. The van der Waals surface area contributed by atoms with Crippen LogP contribution in [0.3, 0.4) is 0 Å². The lowest BCUT2D eigenvalue weighted by molar-refractivity contribution is -0.132. The molecular formula is C16H21N3O. The van der Waals surface area contributed by atoms with Crippen molar-refractivity contribution in [2.24, 2.45) is 11.1 Å². The third kappa shape index (κ3) is 1.95. The lowest BCUT2D eigenvalue weighted by Gasteiger charge is -2.39. The van der Waals surface area contributed by atoms with Crippen molar-refractivity contribution in [3.05, 3.63) is 30.1 Å². The predicted molar refractivity (Wildman–Crippen MR) is 79.5 cm³/mol. The fourth-order valence-corrected chi connectivity index (χ4v) is 3.14. The van der Waals surface area contributed by atoms with Gasteiger partial charge in [0.25, 0.3) is 0 Å². The van der Waals surface area contributed by atoms with Gasteiger partial charge in [-0.15, -0.1) is 0 Å². The number of hydrogen-bond acceptors (Lipinski definition) is 3.